The highest BCUT2D eigenvalue weighted by molar-refractivity contribution is 9.10. The second-order valence-corrected chi connectivity index (χ2v) is 6.67. The Hall–Kier alpha value is -1.28. The van der Waals surface area contributed by atoms with Gasteiger partial charge in [-0.1, -0.05) is 66.9 Å². The van der Waals surface area contributed by atoms with Gasteiger partial charge in [0.2, 0.25) is 0 Å². The lowest BCUT2D eigenvalue weighted by molar-refractivity contribution is 0.306. The van der Waals surface area contributed by atoms with Crippen LogP contribution in [-0.4, -0.2) is 0 Å². The average molecular weight is 361 g/mol. The maximum absolute atomic E-state index is 5.87. The van der Waals surface area contributed by atoms with Gasteiger partial charge in [0.05, 0.1) is 0 Å². The molecule has 0 amide bonds. The van der Waals surface area contributed by atoms with Crippen LogP contribution in [-0.2, 0) is 6.61 Å². The van der Waals surface area contributed by atoms with Crippen molar-refractivity contribution >= 4 is 15.9 Å². The van der Waals surface area contributed by atoms with Gasteiger partial charge in [0.15, 0.2) is 0 Å². The molecular formula is C20H25BrO. The van der Waals surface area contributed by atoms with E-state index in [0.717, 1.165) is 10.2 Å². The molecule has 118 valence electrons. The van der Waals surface area contributed by atoms with Crippen LogP contribution in [0.15, 0.2) is 53.0 Å². The lowest BCUT2D eigenvalue weighted by Gasteiger charge is -2.16. The highest BCUT2D eigenvalue weighted by Gasteiger charge is 2.09. The van der Waals surface area contributed by atoms with Crippen molar-refractivity contribution in [2.75, 3.05) is 0 Å². The van der Waals surface area contributed by atoms with Crippen molar-refractivity contribution in [1.29, 1.82) is 0 Å². The highest BCUT2D eigenvalue weighted by Crippen LogP contribution is 2.28. The Morgan fingerprint density at radius 3 is 2.00 bits per heavy atom. The number of halogens is 1. The van der Waals surface area contributed by atoms with Crippen molar-refractivity contribution in [3.8, 4) is 5.75 Å². The standard InChI is InChI=1S/C20H25BrO/c1-3-5-17(6-4-2)18-9-13-20(14-10-18)22-15-16-7-11-19(21)12-8-16/h7-14,17H,3-6,15H2,1-2H3. The summed E-state index contributed by atoms with van der Waals surface area (Å²) >= 11 is 3.45. The minimum atomic E-state index is 0.611. The molecule has 0 aromatic heterocycles. The zero-order valence-corrected chi connectivity index (χ0v) is 15.1. The van der Waals surface area contributed by atoms with Crippen LogP contribution in [0.2, 0.25) is 0 Å². The predicted octanol–water partition coefficient (Wildman–Crippen LogP) is 6.71. The third-order valence-corrected chi connectivity index (χ3v) is 4.47. The van der Waals surface area contributed by atoms with E-state index in [1.807, 2.05) is 12.1 Å². The molecule has 0 bridgehead atoms. The molecule has 0 spiro atoms. The first-order chi connectivity index (χ1) is 10.7. The van der Waals surface area contributed by atoms with Gasteiger partial charge in [-0.05, 0) is 54.2 Å². The van der Waals surface area contributed by atoms with E-state index in [4.69, 9.17) is 4.74 Å². The summed E-state index contributed by atoms with van der Waals surface area (Å²) in [5, 5.41) is 0. The topological polar surface area (TPSA) is 9.23 Å². The molecular weight excluding hydrogens is 336 g/mol. The van der Waals surface area contributed by atoms with Gasteiger partial charge in [-0.3, -0.25) is 0 Å². The lowest BCUT2D eigenvalue weighted by atomic mass is 9.90. The molecule has 2 heteroatoms. The van der Waals surface area contributed by atoms with Crippen molar-refractivity contribution in [3.05, 3.63) is 64.1 Å². The van der Waals surface area contributed by atoms with Gasteiger partial charge in [0.1, 0.15) is 12.4 Å². The summed E-state index contributed by atoms with van der Waals surface area (Å²) in [7, 11) is 0. The fourth-order valence-electron chi connectivity index (χ4n) is 2.76. The minimum Gasteiger partial charge on any atom is -0.489 e. The van der Waals surface area contributed by atoms with Crippen LogP contribution in [0.5, 0.6) is 5.75 Å². The van der Waals surface area contributed by atoms with Crippen LogP contribution < -0.4 is 4.74 Å². The van der Waals surface area contributed by atoms with Crippen molar-refractivity contribution in [1.82, 2.24) is 0 Å². The molecule has 0 radical (unpaired) electrons. The third kappa shape index (κ3) is 5.17. The number of hydrogen-bond donors (Lipinski definition) is 0. The van der Waals surface area contributed by atoms with Crippen LogP contribution in [0.1, 0.15) is 56.6 Å². The van der Waals surface area contributed by atoms with Crippen LogP contribution in [0.3, 0.4) is 0 Å². The SMILES string of the molecule is CCCC(CCC)c1ccc(OCc2ccc(Br)cc2)cc1. The molecule has 0 aliphatic heterocycles. The van der Waals surface area contributed by atoms with Crippen molar-refractivity contribution in [2.24, 2.45) is 0 Å². The van der Waals surface area contributed by atoms with Crippen molar-refractivity contribution in [2.45, 2.75) is 52.1 Å². The van der Waals surface area contributed by atoms with E-state index in [0.29, 0.717) is 12.5 Å². The summed E-state index contributed by atoms with van der Waals surface area (Å²) in [6.45, 7) is 5.14. The molecule has 2 aromatic carbocycles. The number of benzene rings is 2. The molecule has 0 saturated heterocycles. The Balaban J connectivity index is 1.94. The molecule has 0 unspecified atom stereocenters. The molecule has 0 atom stereocenters. The predicted molar refractivity (Wildman–Crippen MR) is 97.5 cm³/mol. The fraction of sp³-hybridized carbons (Fsp3) is 0.400. The maximum Gasteiger partial charge on any atom is 0.119 e. The number of hydrogen-bond acceptors (Lipinski definition) is 1. The highest BCUT2D eigenvalue weighted by atomic mass is 79.9. The van der Waals surface area contributed by atoms with Crippen molar-refractivity contribution in [3.63, 3.8) is 0 Å². The van der Waals surface area contributed by atoms with Crippen LogP contribution in [0.25, 0.3) is 0 Å². The second kappa shape index (κ2) is 8.99. The molecule has 0 fully saturated rings. The molecule has 2 rings (SSSR count). The Bertz CT molecular complexity index is 539. The quantitative estimate of drug-likeness (QED) is 0.508. The zero-order valence-electron chi connectivity index (χ0n) is 13.5. The van der Waals surface area contributed by atoms with Crippen molar-refractivity contribution < 1.29 is 4.74 Å². The molecule has 2 aromatic rings. The van der Waals surface area contributed by atoms with E-state index in [1.165, 1.54) is 36.8 Å². The number of rotatable bonds is 8. The van der Waals surface area contributed by atoms with Crippen LogP contribution >= 0.6 is 15.9 Å². The smallest absolute Gasteiger partial charge is 0.119 e. The lowest BCUT2D eigenvalue weighted by Crippen LogP contribution is -1.99. The maximum atomic E-state index is 5.87. The summed E-state index contributed by atoms with van der Waals surface area (Å²) in [5.74, 6) is 1.63. The summed E-state index contributed by atoms with van der Waals surface area (Å²) < 4.78 is 6.97. The molecule has 0 saturated carbocycles. The third-order valence-electron chi connectivity index (χ3n) is 3.94. The van der Waals surface area contributed by atoms with Gasteiger partial charge in [0.25, 0.3) is 0 Å². The zero-order chi connectivity index (χ0) is 15.8. The summed E-state index contributed by atoms with van der Waals surface area (Å²) in [4.78, 5) is 0. The molecule has 0 N–H and O–H groups in total. The van der Waals surface area contributed by atoms with E-state index >= 15 is 0 Å². The van der Waals surface area contributed by atoms with E-state index in [1.54, 1.807) is 0 Å². The van der Waals surface area contributed by atoms with Gasteiger partial charge >= 0.3 is 0 Å². The Morgan fingerprint density at radius 2 is 1.45 bits per heavy atom. The molecule has 0 aliphatic rings. The summed E-state index contributed by atoms with van der Waals surface area (Å²) in [5.41, 5.74) is 2.63. The van der Waals surface area contributed by atoms with Crippen LogP contribution in [0, 0.1) is 0 Å². The minimum absolute atomic E-state index is 0.611. The fourth-order valence-corrected chi connectivity index (χ4v) is 3.02. The Labute approximate surface area is 142 Å². The summed E-state index contributed by atoms with van der Waals surface area (Å²) in [6.07, 6.45) is 5.03. The Kier molecular flexibility index (Phi) is 6.98. The second-order valence-electron chi connectivity index (χ2n) is 5.76. The van der Waals surface area contributed by atoms with E-state index in [2.05, 4.69) is 66.2 Å². The molecule has 22 heavy (non-hydrogen) atoms. The summed E-state index contributed by atoms with van der Waals surface area (Å²) in [6, 6.07) is 16.9. The first-order valence-electron chi connectivity index (χ1n) is 8.20. The monoisotopic (exact) mass is 360 g/mol. The largest absolute Gasteiger partial charge is 0.489 e. The van der Waals surface area contributed by atoms with Gasteiger partial charge in [-0.25, -0.2) is 0 Å². The van der Waals surface area contributed by atoms with E-state index < -0.39 is 0 Å². The van der Waals surface area contributed by atoms with E-state index in [-0.39, 0.29) is 0 Å². The average Bonchev–Trinajstić information content (AvgIpc) is 2.55. The van der Waals surface area contributed by atoms with Crippen LogP contribution in [0.4, 0.5) is 0 Å². The molecule has 1 nitrogen and oxygen atoms in total. The van der Waals surface area contributed by atoms with Gasteiger partial charge in [-0.2, -0.15) is 0 Å². The normalized spacial score (nSPS) is 10.9. The van der Waals surface area contributed by atoms with Gasteiger partial charge in [0, 0.05) is 4.47 Å². The van der Waals surface area contributed by atoms with Gasteiger partial charge in [-0.15, -0.1) is 0 Å². The van der Waals surface area contributed by atoms with E-state index in [9.17, 15) is 0 Å². The first kappa shape index (κ1) is 17.1. The van der Waals surface area contributed by atoms with Gasteiger partial charge < -0.3 is 4.74 Å². The molecule has 0 aliphatic carbocycles. The Morgan fingerprint density at radius 1 is 0.864 bits per heavy atom. The first-order valence-corrected chi connectivity index (χ1v) is 8.99. The number of ether oxygens (including phenoxy) is 1. The molecule has 0 heterocycles.